The first-order valence-electron chi connectivity index (χ1n) is 6.76. The van der Waals surface area contributed by atoms with Gasteiger partial charge in [0.1, 0.15) is 17.6 Å². The van der Waals surface area contributed by atoms with Gasteiger partial charge < -0.3 is 4.74 Å². The summed E-state index contributed by atoms with van der Waals surface area (Å²) in [6.45, 7) is 1.60. The van der Waals surface area contributed by atoms with Crippen LogP contribution in [0.2, 0.25) is 0 Å². The van der Waals surface area contributed by atoms with Crippen molar-refractivity contribution < 1.29 is 9.53 Å². The van der Waals surface area contributed by atoms with E-state index in [1.807, 2.05) is 54.6 Å². The third kappa shape index (κ3) is 2.50. The molecule has 0 N–H and O–H groups in total. The summed E-state index contributed by atoms with van der Waals surface area (Å²) in [5, 5.41) is 0. The Labute approximate surface area is 118 Å². The van der Waals surface area contributed by atoms with Crippen molar-refractivity contribution in [2.75, 3.05) is 0 Å². The molecule has 0 bridgehead atoms. The maximum atomic E-state index is 11.5. The van der Waals surface area contributed by atoms with E-state index in [1.54, 1.807) is 6.92 Å². The molecule has 1 aliphatic rings. The Morgan fingerprint density at radius 2 is 1.75 bits per heavy atom. The minimum Gasteiger partial charge on any atom is -0.485 e. The van der Waals surface area contributed by atoms with E-state index in [-0.39, 0.29) is 11.9 Å². The van der Waals surface area contributed by atoms with Gasteiger partial charge in [0.15, 0.2) is 0 Å². The molecule has 20 heavy (non-hydrogen) atoms. The molecule has 3 rings (SSSR count). The number of fused-ring (bicyclic) bond motifs is 1. The van der Waals surface area contributed by atoms with Crippen LogP contribution in [0, 0.1) is 0 Å². The van der Waals surface area contributed by atoms with Crippen LogP contribution in [0.1, 0.15) is 36.1 Å². The molecule has 100 valence electrons. The summed E-state index contributed by atoms with van der Waals surface area (Å²) in [6, 6.07) is 18.1. The molecule has 0 amide bonds. The van der Waals surface area contributed by atoms with Crippen LogP contribution in [-0.2, 0) is 9.53 Å². The molecule has 0 saturated heterocycles. The molecule has 1 atom stereocenters. The molecule has 0 aliphatic carbocycles. The van der Waals surface area contributed by atoms with Crippen molar-refractivity contribution in [2.45, 2.75) is 19.4 Å². The Balaban J connectivity index is 2.03. The summed E-state index contributed by atoms with van der Waals surface area (Å²) in [7, 11) is 0. The maximum Gasteiger partial charge on any atom is 0.133 e. The molecule has 1 heterocycles. The van der Waals surface area contributed by atoms with Crippen molar-refractivity contribution >= 4 is 17.6 Å². The predicted octanol–water partition coefficient (Wildman–Crippen LogP) is 4.24. The van der Waals surface area contributed by atoms with E-state index in [1.165, 1.54) is 0 Å². The van der Waals surface area contributed by atoms with E-state index >= 15 is 0 Å². The van der Waals surface area contributed by atoms with Crippen molar-refractivity contribution in [2.24, 2.45) is 0 Å². The highest BCUT2D eigenvalue weighted by Crippen LogP contribution is 2.37. The molecule has 0 aromatic heterocycles. The van der Waals surface area contributed by atoms with Gasteiger partial charge in [-0.3, -0.25) is 4.79 Å². The molecular weight excluding hydrogens is 248 g/mol. The van der Waals surface area contributed by atoms with E-state index in [9.17, 15) is 4.79 Å². The first-order chi connectivity index (χ1) is 9.74. The lowest BCUT2D eigenvalue weighted by Crippen LogP contribution is -2.13. The van der Waals surface area contributed by atoms with Crippen LogP contribution in [0.3, 0.4) is 0 Å². The minimum absolute atomic E-state index is 0.138. The van der Waals surface area contributed by atoms with Crippen LogP contribution in [0.4, 0.5) is 0 Å². The zero-order valence-electron chi connectivity index (χ0n) is 11.4. The number of carbonyl (C=O) groups excluding carboxylic acids is 1. The molecule has 2 heteroatoms. The van der Waals surface area contributed by atoms with Crippen molar-refractivity contribution in [3.05, 3.63) is 71.3 Å². The SMILES string of the molecule is CC(=O)CC1OC(c2ccccc2)=Cc2ccccc21. The number of hydrogen-bond donors (Lipinski definition) is 0. The van der Waals surface area contributed by atoms with Crippen LogP contribution in [0.25, 0.3) is 11.8 Å². The Kier molecular flexibility index (Phi) is 3.38. The second-order valence-electron chi connectivity index (χ2n) is 5.02. The number of rotatable bonds is 3. The van der Waals surface area contributed by atoms with Gasteiger partial charge in [-0.2, -0.15) is 0 Å². The van der Waals surface area contributed by atoms with Gasteiger partial charge >= 0.3 is 0 Å². The first-order valence-corrected chi connectivity index (χ1v) is 6.76. The maximum absolute atomic E-state index is 11.5. The van der Waals surface area contributed by atoms with E-state index in [4.69, 9.17) is 4.74 Å². The van der Waals surface area contributed by atoms with Gasteiger partial charge in [0.2, 0.25) is 0 Å². The van der Waals surface area contributed by atoms with Crippen LogP contribution < -0.4 is 0 Å². The summed E-state index contributed by atoms with van der Waals surface area (Å²) in [4.78, 5) is 11.5. The smallest absolute Gasteiger partial charge is 0.133 e. The van der Waals surface area contributed by atoms with Crippen molar-refractivity contribution in [3.63, 3.8) is 0 Å². The highest BCUT2D eigenvalue weighted by Gasteiger charge is 2.24. The molecule has 2 aromatic carbocycles. The summed E-state index contributed by atoms with van der Waals surface area (Å²) >= 11 is 0. The zero-order chi connectivity index (χ0) is 13.9. The summed E-state index contributed by atoms with van der Waals surface area (Å²) < 4.78 is 6.05. The van der Waals surface area contributed by atoms with Crippen molar-refractivity contribution in [3.8, 4) is 0 Å². The lowest BCUT2D eigenvalue weighted by Gasteiger charge is -2.26. The molecule has 1 aliphatic heterocycles. The Morgan fingerprint density at radius 3 is 2.50 bits per heavy atom. The van der Waals surface area contributed by atoms with Gasteiger partial charge in [-0.25, -0.2) is 0 Å². The molecule has 0 saturated carbocycles. The average molecular weight is 264 g/mol. The second-order valence-corrected chi connectivity index (χ2v) is 5.02. The van der Waals surface area contributed by atoms with Gasteiger partial charge in [-0.05, 0) is 18.6 Å². The summed E-state index contributed by atoms with van der Waals surface area (Å²) in [6.07, 6.45) is 2.26. The highest BCUT2D eigenvalue weighted by atomic mass is 16.5. The van der Waals surface area contributed by atoms with Gasteiger partial charge in [0, 0.05) is 17.5 Å². The fraction of sp³-hybridized carbons (Fsp3) is 0.167. The fourth-order valence-corrected chi connectivity index (χ4v) is 2.49. The highest BCUT2D eigenvalue weighted by molar-refractivity contribution is 5.82. The molecule has 1 unspecified atom stereocenters. The number of carbonyl (C=O) groups is 1. The number of benzene rings is 2. The molecule has 2 nitrogen and oxygen atoms in total. The molecular formula is C18H16O2. The molecule has 0 spiro atoms. The van der Waals surface area contributed by atoms with Crippen LogP contribution in [0.15, 0.2) is 54.6 Å². The Bertz CT molecular complexity index is 656. The second kappa shape index (κ2) is 5.33. The first kappa shape index (κ1) is 12.7. The van der Waals surface area contributed by atoms with Crippen molar-refractivity contribution in [1.82, 2.24) is 0 Å². The zero-order valence-corrected chi connectivity index (χ0v) is 11.4. The van der Waals surface area contributed by atoms with Crippen LogP contribution >= 0.6 is 0 Å². The lowest BCUT2D eigenvalue weighted by atomic mass is 9.95. The lowest BCUT2D eigenvalue weighted by molar-refractivity contribution is -0.118. The average Bonchev–Trinajstić information content (AvgIpc) is 2.47. The predicted molar refractivity (Wildman–Crippen MR) is 79.9 cm³/mol. The van der Waals surface area contributed by atoms with Gasteiger partial charge in [-0.1, -0.05) is 54.6 Å². The van der Waals surface area contributed by atoms with Crippen LogP contribution in [0.5, 0.6) is 0 Å². The number of hydrogen-bond acceptors (Lipinski definition) is 2. The standard InChI is InChI=1S/C18H16O2/c1-13(19)11-18-16-10-6-5-9-15(16)12-17(20-18)14-7-3-2-4-8-14/h2-10,12,18H,11H2,1H3. The number of ether oxygens (including phenoxy) is 1. The number of ketones is 1. The van der Waals surface area contributed by atoms with Gasteiger partial charge in [0.25, 0.3) is 0 Å². The summed E-state index contributed by atoms with van der Waals surface area (Å²) in [5.41, 5.74) is 3.25. The van der Waals surface area contributed by atoms with Gasteiger partial charge in [0.05, 0.1) is 0 Å². The Hall–Kier alpha value is -2.35. The van der Waals surface area contributed by atoms with E-state index in [0.717, 1.165) is 22.4 Å². The monoisotopic (exact) mass is 264 g/mol. The normalized spacial score (nSPS) is 16.9. The molecule has 0 radical (unpaired) electrons. The van der Waals surface area contributed by atoms with E-state index < -0.39 is 0 Å². The minimum atomic E-state index is -0.191. The Morgan fingerprint density at radius 1 is 1.05 bits per heavy atom. The third-order valence-corrected chi connectivity index (χ3v) is 3.43. The fourth-order valence-electron chi connectivity index (χ4n) is 2.49. The largest absolute Gasteiger partial charge is 0.485 e. The topological polar surface area (TPSA) is 26.3 Å². The van der Waals surface area contributed by atoms with Gasteiger partial charge in [-0.15, -0.1) is 0 Å². The quantitative estimate of drug-likeness (QED) is 0.829. The van der Waals surface area contributed by atoms with Crippen LogP contribution in [-0.4, -0.2) is 5.78 Å². The van der Waals surface area contributed by atoms with Crippen molar-refractivity contribution in [1.29, 1.82) is 0 Å². The van der Waals surface area contributed by atoms with E-state index in [2.05, 4.69) is 6.07 Å². The number of Topliss-reactive ketones (excluding diaryl/α,β-unsaturated/α-hetero) is 1. The molecule has 0 fully saturated rings. The third-order valence-electron chi connectivity index (χ3n) is 3.43. The van der Waals surface area contributed by atoms with E-state index in [0.29, 0.717) is 6.42 Å². The molecule has 2 aromatic rings. The summed E-state index contributed by atoms with van der Waals surface area (Å²) in [5.74, 6) is 0.967.